The van der Waals surface area contributed by atoms with Crippen molar-refractivity contribution in [3.63, 3.8) is 0 Å². The molecule has 0 atom stereocenters. The Kier molecular flexibility index (Phi) is 5.63. The predicted molar refractivity (Wildman–Crippen MR) is 116 cm³/mol. The van der Waals surface area contributed by atoms with Gasteiger partial charge in [-0.3, -0.25) is 0 Å². The standard InChI is InChI=1S/C22H24ClN5/c1-17-5-7-18(8-6-17)15-24-21-14-22(26-16-25-21)28-11-9-27(10-12-28)20-4-2-3-19(23)13-20/h2-8,13-14,16H,9-12,15H2,1H3,(H,24,25,26). The molecule has 0 unspecified atom stereocenters. The normalized spacial score (nSPS) is 14.2. The van der Waals surface area contributed by atoms with Crippen LogP contribution in [0, 0.1) is 6.92 Å². The van der Waals surface area contributed by atoms with E-state index in [9.17, 15) is 0 Å². The van der Waals surface area contributed by atoms with Crippen LogP contribution >= 0.6 is 11.6 Å². The van der Waals surface area contributed by atoms with Crippen LogP contribution in [-0.2, 0) is 6.54 Å². The van der Waals surface area contributed by atoms with Crippen molar-refractivity contribution >= 4 is 28.9 Å². The molecule has 1 aliphatic heterocycles. The summed E-state index contributed by atoms with van der Waals surface area (Å²) >= 11 is 6.13. The Labute approximate surface area is 171 Å². The molecule has 1 fully saturated rings. The number of benzene rings is 2. The highest BCUT2D eigenvalue weighted by atomic mass is 35.5. The predicted octanol–water partition coefficient (Wildman–Crippen LogP) is 4.38. The minimum atomic E-state index is 0.749. The number of aryl methyl sites for hydroxylation is 1. The molecule has 0 spiro atoms. The van der Waals surface area contributed by atoms with E-state index in [2.05, 4.69) is 62.3 Å². The van der Waals surface area contributed by atoms with Gasteiger partial charge >= 0.3 is 0 Å². The van der Waals surface area contributed by atoms with Crippen molar-refractivity contribution in [3.05, 3.63) is 77.1 Å². The first-order chi connectivity index (χ1) is 13.7. The van der Waals surface area contributed by atoms with Gasteiger partial charge in [0.2, 0.25) is 0 Å². The Hall–Kier alpha value is -2.79. The molecular weight excluding hydrogens is 370 g/mol. The molecule has 28 heavy (non-hydrogen) atoms. The summed E-state index contributed by atoms with van der Waals surface area (Å²) in [6.07, 6.45) is 1.64. The maximum atomic E-state index is 6.13. The first kappa shape index (κ1) is 18.6. The molecule has 4 rings (SSSR count). The van der Waals surface area contributed by atoms with Crippen molar-refractivity contribution in [2.75, 3.05) is 41.3 Å². The second-order valence-corrected chi connectivity index (χ2v) is 7.49. The molecule has 2 aromatic carbocycles. The van der Waals surface area contributed by atoms with Gasteiger partial charge in [-0.25, -0.2) is 9.97 Å². The summed E-state index contributed by atoms with van der Waals surface area (Å²) in [6.45, 7) is 6.56. The number of rotatable bonds is 5. The van der Waals surface area contributed by atoms with Crippen molar-refractivity contribution in [2.45, 2.75) is 13.5 Å². The van der Waals surface area contributed by atoms with Gasteiger partial charge in [-0.1, -0.05) is 47.5 Å². The lowest BCUT2D eigenvalue weighted by Gasteiger charge is -2.36. The maximum Gasteiger partial charge on any atom is 0.134 e. The van der Waals surface area contributed by atoms with Crippen LogP contribution in [0.25, 0.3) is 0 Å². The van der Waals surface area contributed by atoms with E-state index < -0.39 is 0 Å². The quantitative estimate of drug-likeness (QED) is 0.697. The van der Waals surface area contributed by atoms with Gasteiger partial charge in [0.05, 0.1) is 0 Å². The van der Waals surface area contributed by atoms with Gasteiger partial charge in [0.15, 0.2) is 0 Å². The maximum absolute atomic E-state index is 6.13. The van der Waals surface area contributed by atoms with Crippen LogP contribution in [0.2, 0.25) is 5.02 Å². The average Bonchev–Trinajstić information content (AvgIpc) is 2.74. The Bertz CT molecular complexity index is 920. The summed E-state index contributed by atoms with van der Waals surface area (Å²) in [5.74, 6) is 1.81. The zero-order chi connectivity index (χ0) is 19.3. The lowest BCUT2D eigenvalue weighted by Crippen LogP contribution is -2.46. The van der Waals surface area contributed by atoms with Gasteiger partial charge in [-0.2, -0.15) is 0 Å². The molecule has 3 aromatic rings. The number of anilines is 3. The fourth-order valence-corrected chi connectivity index (χ4v) is 3.57. The molecule has 2 heterocycles. The molecule has 5 nitrogen and oxygen atoms in total. The van der Waals surface area contributed by atoms with Gasteiger partial charge < -0.3 is 15.1 Å². The summed E-state index contributed by atoms with van der Waals surface area (Å²) in [5.41, 5.74) is 3.68. The molecule has 1 aromatic heterocycles. The highest BCUT2D eigenvalue weighted by molar-refractivity contribution is 6.30. The van der Waals surface area contributed by atoms with E-state index in [0.29, 0.717) is 0 Å². The van der Waals surface area contributed by atoms with E-state index in [-0.39, 0.29) is 0 Å². The van der Waals surface area contributed by atoms with Crippen molar-refractivity contribution < 1.29 is 0 Å². The number of nitrogens with zero attached hydrogens (tertiary/aromatic N) is 4. The molecule has 0 saturated carbocycles. The molecule has 1 aliphatic rings. The highest BCUT2D eigenvalue weighted by Gasteiger charge is 2.19. The molecule has 0 amide bonds. The Balaban J connectivity index is 1.36. The topological polar surface area (TPSA) is 44.3 Å². The first-order valence-electron chi connectivity index (χ1n) is 9.54. The average molecular weight is 394 g/mol. The largest absolute Gasteiger partial charge is 0.368 e. The third kappa shape index (κ3) is 4.54. The summed E-state index contributed by atoms with van der Waals surface area (Å²) in [7, 11) is 0. The van der Waals surface area contributed by atoms with Gasteiger partial charge in [0.25, 0.3) is 0 Å². The summed E-state index contributed by atoms with van der Waals surface area (Å²) in [5, 5.41) is 4.18. The zero-order valence-corrected chi connectivity index (χ0v) is 16.7. The first-order valence-corrected chi connectivity index (χ1v) is 9.92. The molecule has 0 radical (unpaired) electrons. The second kappa shape index (κ2) is 8.48. The molecule has 6 heteroatoms. The van der Waals surface area contributed by atoms with E-state index in [4.69, 9.17) is 11.6 Å². The highest BCUT2D eigenvalue weighted by Crippen LogP contribution is 2.23. The van der Waals surface area contributed by atoms with Crippen molar-refractivity contribution in [2.24, 2.45) is 0 Å². The molecule has 1 N–H and O–H groups in total. The lowest BCUT2D eigenvalue weighted by atomic mass is 10.1. The van der Waals surface area contributed by atoms with E-state index in [0.717, 1.165) is 49.4 Å². The molecular formula is C22H24ClN5. The van der Waals surface area contributed by atoms with Gasteiger partial charge in [0.1, 0.15) is 18.0 Å². The number of nitrogens with one attached hydrogen (secondary N) is 1. The zero-order valence-electron chi connectivity index (χ0n) is 16.0. The van der Waals surface area contributed by atoms with Crippen LogP contribution in [-0.4, -0.2) is 36.1 Å². The Morgan fingerprint density at radius 2 is 1.68 bits per heavy atom. The Morgan fingerprint density at radius 3 is 2.43 bits per heavy atom. The van der Waals surface area contributed by atoms with Crippen molar-refractivity contribution in [1.82, 2.24) is 9.97 Å². The third-order valence-electron chi connectivity index (χ3n) is 5.02. The van der Waals surface area contributed by atoms with E-state index in [1.165, 1.54) is 16.8 Å². The van der Waals surface area contributed by atoms with Gasteiger partial charge in [-0.05, 0) is 30.7 Å². The number of halogens is 1. The van der Waals surface area contributed by atoms with Crippen LogP contribution in [0.1, 0.15) is 11.1 Å². The van der Waals surface area contributed by atoms with Crippen molar-refractivity contribution in [1.29, 1.82) is 0 Å². The summed E-state index contributed by atoms with van der Waals surface area (Å²) in [6, 6.07) is 18.6. The number of hydrogen-bond acceptors (Lipinski definition) is 5. The van der Waals surface area contributed by atoms with E-state index >= 15 is 0 Å². The smallest absolute Gasteiger partial charge is 0.134 e. The molecule has 1 saturated heterocycles. The molecule has 0 bridgehead atoms. The minimum Gasteiger partial charge on any atom is -0.368 e. The fourth-order valence-electron chi connectivity index (χ4n) is 3.38. The van der Waals surface area contributed by atoms with E-state index in [1.54, 1.807) is 6.33 Å². The molecule has 144 valence electrons. The number of hydrogen-bond donors (Lipinski definition) is 1. The van der Waals surface area contributed by atoms with Crippen LogP contribution in [0.15, 0.2) is 60.9 Å². The summed E-state index contributed by atoms with van der Waals surface area (Å²) in [4.78, 5) is 13.5. The van der Waals surface area contributed by atoms with E-state index in [1.807, 2.05) is 24.3 Å². The number of aromatic nitrogens is 2. The second-order valence-electron chi connectivity index (χ2n) is 7.05. The third-order valence-corrected chi connectivity index (χ3v) is 5.26. The van der Waals surface area contributed by atoms with Gasteiger partial charge in [0, 0.05) is 49.5 Å². The van der Waals surface area contributed by atoms with Gasteiger partial charge in [-0.15, -0.1) is 0 Å². The van der Waals surface area contributed by atoms with Crippen LogP contribution in [0.3, 0.4) is 0 Å². The van der Waals surface area contributed by atoms with Crippen LogP contribution < -0.4 is 15.1 Å². The van der Waals surface area contributed by atoms with Crippen molar-refractivity contribution in [3.8, 4) is 0 Å². The van der Waals surface area contributed by atoms with Crippen LogP contribution in [0.5, 0.6) is 0 Å². The lowest BCUT2D eigenvalue weighted by molar-refractivity contribution is 0.647. The minimum absolute atomic E-state index is 0.749. The SMILES string of the molecule is Cc1ccc(CNc2cc(N3CCN(c4cccc(Cl)c4)CC3)ncn2)cc1. The Morgan fingerprint density at radius 1 is 0.929 bits per heavy atom. The monoisotopic (exact) mass is 393 g/mol. The van der Waals surface area contributed by atoms with Crippen LogP contribution in [0.4, 0.5) is 17.3 Å². The summed E-state index contributed by atoms with van der Waals surface area (Å²) < 4.78 is 0. The number of piperazine rings is 1. The molecule has 0 aliphatic carbocycles. The fraction of sp³-hybridized carbons (Fsp3) is 0.273.